The molecular formula is C20H20ClNO4. The molecule has 136 valence electrons. The highest BCUT2D eigenvalue weighted by Crippen LogP contribution is 2.28. The second-order valence-corrected chi connectivity index (χ2v) is 6.67. The van der Waals surface area contributed by atoms with Gasteiger partial charge in [0, 0.05) is 23.6 Å². The first-order chi connectivity index (χ1) is 12.5. The molecule has 1 N–H and O–H groups in total. The van der Waals surface area contributed by atoms with Crippen molar-refractivity contribution in [3.8, 4) is 11.5 Å². The second-order valence-electron chi connectivity index (χ2n) is 6.23. The minimum Gasteiger partial charge on any atom is -0.462 e. The molecule has 3 rings (SSSR count). The summed E-state index contributed by atoms with van der Waals surface area (Å²) in [6.07, 6.45) is 0.104. The van der Waals surface area contributed by atoms with Gasteiger partial charge in [-0.2, -0.15) is 0 Å². The maximum Gasteiger partial charge on any atom is 0.313 e. The summed E-state index contributed by atoms with van der Waals surface area (Å²) >= 11 is 5.91. The summed E-state index contributed by atoms with van der Waals surface area (Å²) in [6.45, 7) is 3.54. The lowest BCUT2D eigenvalue weighted by Gasteiger charge is -2.16. The standard InChI is InChI=1S/C20H20ClNO4/c1-12(9-10-23)25-20(24)13(2)15-5-8-18-17(11-15)22-19(26-18)14-3-6-16(21)7-4-14/h3-8,11-13,23H,9-10H2,1-2H3. The Bertz CT molecular complexity index is 904. The molecule has 0 saturated heterocycles. The Morgan fingerprint density at radius 2 is 1.96 bits per heavy atom. The molecule has 2 unspecified atom stereocenters. The second kappa shape index (κ2) is 7.89. The molecule has 0 bridgehead atoms. The molecule has 0 aliphatic heterocycles. The molecule has 0 spiro atoms. The normalized spacial score (nSPS) is 13.5. The molecule has 3 aromatic rings. The third-order valence-electron chi connectivity index (χ3n) is 4.21. The average molecular weight is 374 g/mol. The molecule has 26 heavy (non-hydrogen) atoms. The van der Waals surface area contributed by atoms with E-state index < -0.39 is 5.92 Å². The van der Waals surface area contributed by atoms with Crippen molar-refractivity contribution >= 4 is 28.7 Å². The fraction of sp³-hybridized carbons (Fsp3) is 0.300. The number of carbonyl (C=O) groups excluding carboxylic acids is 1. The van der Waals surface area contributed by atoms with Crippen molar-refractivity contribution in [1.29, 1.82) is 0 Å². The molecule has 2 aromatic carbocycles. The Morgan fingerprint density at radius 3 is 2.65 bits per heavy atom. The van der Waals surface area contributed by atoms with Gasteiger partial charge in [-0.05, 0) is 55.8 Å². The van der Waals surface area contributed by atoms with Crippen molar-refractivity contribution in [3.05, 3.63) is 53.1 Å². The topological polar surface area (TPSA) is 72.6 Å². The molecule has 6 heteroatoms. The van der Waals surface area contributed by atoms with Crippen LogP contribution in [0.1, 0.15) is 31.7 Å². The van der Waals surface area contributed by atoms with Crippen molar-refractivity contribution in [2.45, 2.75) is 32.3 Å². The van der Waals surface area contributed by atoms with Crippen LogP contribution in [-0.4, -0.2) is 28.8 Å². The number of esters is 1. The van der Waals surface area contributed by atoms with Gasteiger partial charge >= 0.3 is 5.97 Å². The maximum atomic E-state index is 12.3. The van der Waals surface area contributed by atoms with E-state index in [2.05, 4.69) is 4.98 Å². The zero-order valence-electron chi connectivity index (χ0n) is 14.6. The molecule has 1 heterocycles. The number of halogens is 1. The van der Waals surface area contributed by atoms with Crippen LogP contribution in [0.2, 0.25) is 5.02 Å². The number of aromatic nitrogens is 1. The summed E-state index contributed by atoms with van der Waals surface area (Å²) in [5.74, 6) is -0.261. The number of fused-ring (bicyclic) bond motifs is 1. The fourth-order valence-corrected chi connectivity index (χ4v) is 2.73. The highest BCUT2D eigenvalue weighted by molar-refractivity contribution is 6.30. The van der Waals surface area contributed by atoms with Crippen molar-refractivity contribution in [3.63, 3.8) is 0 Å². The molecule has 0 radical (unpaired) electrons. The molecule has 5 nitrogen and oxygen atoms in total. The molecule has 0 fully saturated rings. The molecule has 0 aliphatic carbocycles. The van der Waals surface area contributed by atoms with E-state index in [4.69, 9.17) is 25.9 Å². The molecule has 1 aromatic heterocycles. The molecule has 0 aliphatic rings. The van der Waals surface area contributed by atoms with E-state index in [0.29, 0.717) is 28.4 Å². The van der Waals surface area contributed by atoms with Crippen LogP contribution in [0.5, 0.6) is 0 Å². The highest BCUT2D eigenvalue weighted by atomic mass is 35.5. The van der Waals surface area contributed by atoms with Gasteiger partial charge in [0.05, 0.1) is 5.92 Å². The predicted octanol–water partition coefficient (Wildman–Crippen LogP) is 4.57. The Kier molecular flexibility index (Phi) is 5.59. The maximum absolute atomic E-state index is 12.3. The van der Waals surface area contributed by atoms with Crippen LogP contribution in [0.15, 0.2) is 46.9 Å². The van der Waals surface area contributed by atoms with E-state index in [1.165, 1.54) is 0 Å². The van der Waals surface area contributed by atoms with Gasteiger partial charge < -0.3 is 14.3 Å². The van der Waals surface area contributed by atoms with E-state index in [0.717, 1.165) is 11.1 Å². The van der Waals surface area contributed by atoms with E-state index in [1.807, 2.05) is 24.3 Å². The zero-order chi connectivity index (χ0) is 18.7. The van der Waals surface area contributed by atoms with Crippen LogP contribution in [0, 0.1) is 0 Å². The van der Waals surface area contributed by atoms with Crippen molar-refractivity contribution in [1.82, 2.24) is 4.98 Å². The van der Waals surface area contributed by atoms with Crippen LogP contribution < -0.4 is 0 Å². The van der Waals surface area contributed by atoms with Gasteiger partial charge in [0.1, 0.15) is 11.6 Å². The number of rotatable bonds is 6. The lowest BCUT2D eigenvalue weighted by atomic mass is 10.0. The summed E-state index contributed by atoms with van der Waals surface area (Å²) in [4.78, 5) is 16.8. The Hall–Kier alpha value is -2.37. The first kappa shape index (κ1) is 18.4. The first-order valence-electron chi connectivity index (χ1n) is 8.45. The minimum absolute atomic E-state index is 0.0127. The summed E-state index contributed by atoms with van der Waals surface area (Å²) in [7, 11) is 0. The van der Waals surface area contributed by atoms with Crippen LogP contribution >= 0.6 is 11.6 Å². The van der Waals surface area contributed by atoms with Gasteiger partial charge in [0.2, 0.25) is 5.89 Å². The lowest BCUT2D eigenvalue weighted by Crippen LogP contribution is -2.20. The quantitative estimate of drug-likeness (QED) is 0.641. The molecule has 0 saturated carbocycles. The Morgan fingerprint density at radius 1 is 1.23 bits per heavy atom. The number of oxazole rings is 1. The summed E-state index contributed by atoms with van der Waals surface area (Å²) in [5.41, 5.74) is 2.95. The average Bonchev–Trinajstić information content (AvgIpc) is 3.04. The minimum atomic E-state index is -0.434. The van der Waals surface area contributed by atoms with Crippen LogP contribution in [0.25, 0.3) is 22.6 Å². The summed E-state index contributed by atoms with van der Waals surface area (Å²) in [5, 5.41) is 9.57. The van der Waals surface area contributed by atoms with E-state index in [9.17, 15) is 4.79 Å². The van der Waals surface area contributed by atoms with E-state index >= 15 is 0 Å². The Labute approximate surface area is 156 Å². The third kappa shape index (κ3) is 4.06. The van der Waals surface area contributed by atoms with Crippen LogP contribution in [-0.2, 0) is 9.53 Å². The number of benzene rings is 2. The lowest BCUT2D eigenvalue weighted by molar-refractivity contribution is -0.150. The fourth-order valence-electron chi connectivity index (χ4n) is 2.61. The number of ether oxygens (including phenoxy) is 1. The monoisotopic (exact) mass is 373 g/mol. The number of nitrogens with zero attached hydrogens (tertiary/aromatic N) is 1. The molecule has 2 atom stereocenters. The smallest absolute Gasteiger partial charge is 0.313 e. The first-order valence-corrected chi connectivity index (χ1v) is 8.83. The number of hydrogen-bond donors (Lipinski definition) is 1. The Balaban J connectivity index is 1.82. The van der Waals surface area contributed by atoms with E-state index in [1.54, 1.807) is 32.0 Å². The highest BCUT2D eigenvalue weighted by Gasteiger charge is 2.20. The molecule has 0 amide bonds. The van der Waals surface area contributed by atoms with Gasteiger partial charge in [0.15, 0.2) is 5.58 Å². The van der Waals surface area contributed by atoms with Crippen molar-refractivity contribution in [2.75, 3.05) is 6.61 Å². The van der Waals surface area contributed by atoms with Gasteiger partial charge in [-0.3, -0.25) is 4.79 Å². The van der Waals surface area contributed by atoms with Crippen molar-refractivity contribution in [2.24, 2.45) is 0 Å². The third-order valence-corrected chi connectivity index (χ3v) is 4.46. The number of aliphatic hydroxyl groups excluding tert-OH is 1. The van der Waals surface area contributed by atoms with Gasteiger partial charge in [0.25, 0.3) is 0 Å². The predicted molar refractivity (Wildman–Crippen MR) is 100 cm³/mol. The van der Waals surface area contributed by atoms with Gasteiger partial charge in [-0.25, -0.2) is 4.98 Å². The van der Waals surface area contributed by atoms with Gasteiger partial charge in [-0.15, -0.1) is 0 Å². The number of aliphatic hydroxyl groups is 1. The summed E-state index contributed by atoms with van der Waals surface area (Å²) in [6, 6.07) is 12.7. The van der Waals surface area contributed by atoms with Crippen LogP contribution in [0.4, 0.5) is 0 Å². The SMILES string of the molecule is CC(CCO)OC(=O)C(C)c1ccc2oc(-c3ccc(Cl)cc3)nc2c1. The molecular weight excluding hydrogens is 354 g/mol. The zero-order valence-corrected chi connectivity index (χ0v) is 15.4. The van der Waals surface area contributed by atoms with Crippen molar-refractivity contribution < 1.29 is 19.1 Å². The number of carbonyl (C=O) groups is 1. The van der Waals surface area contributed by atoms with Gasteiger partial charge in [-0.1, -0.05) is 17.7 Å². The largest absolute Gasteiger partial charge is 0.462 e. The summed E-state index contributed by atoms with van der Waals surface area (Å²) < 4.78 is 11.1. The van der Waals surface area contributed by atoms with Crippen LogP contribution in [0.3, 0.4) is 0 Å². The number of hydrogen-bond acceptors (Lipinski definition) is 5. The van der Waals surface area contributed by atoms with E-state index in [-0.39, 0.29) is 18.7 Å².